The molecule has 98 valence electrons. The molecule has 17 heavy (non-hydrogen) atoms. The highest BCUT2D eigenvalue weighted by Gasteiger charge is 2.34. The van der Waals surface area contributed by atoms with Gasteiger partial charge in [-0.1, -0.05) is 13.3 Å². The highest BCUT2D eigenvalue weighted by atomic mass is 16.1. The van der Waals surface area contributed by atoms with E-state index in [1.807, 2.05) is 0 Å². The Bertz CT molecular complexity index is 261. The Morgan fingerprint density at radius 1 is 1.47 bits per heavy atom. The zero-order valence-corrected chi connectivity index (χ0v) is 10.8. The lowest BCUT2D eigenvalue weighted by atomic mass is 10.0. The van der Waals surface area contributed by atoms with Crippen LogP contribution >= 0.6 is 0 Å². The van der Waals surface area contributed by atoms with E-state index in [1.165, 1.54) is 12.8 Å². The standard InChI is InChI=1S/C13H25N3O/c1-2-10(8-14)7-13(17)15-11-5-6-16(9-11)12-3-4-12/h10-12H,2-9,14H2,1H3,(H,15,17). The monoisotopic (exact) mass is 239 g/mol. The molecule has 0 aromatic rings. The summed E-state index contributed by atoms with van der Waals surface area (Å²) < 4.78 is 0. The number of nitrogens with one attached hydrogen (secondary N) is 1. The predicted molar refractivity (Wildman–Crippen MR) is 68.6 cm³/mol. The van der Waals surface area contributed by atoms with Crippen molar-refractivity contribution in [3.63, 3.8) is 0 Å². The number of likely N-dealkylation sites (tertiary alicyclic amines) is 1. The first-order valence-electron chi connectivity index (χ1n) is 6.96. The quantitative estimate of drug-likeness (QED) is 0.718. The van der Waals surface area contributed by atoms with E-state index in [9.17, 15) is 4.79 Å². The maximum Gasteiger partial charge on any atom is 0.220 e. The van der Waals surface area contributed by atoms with Gasteiger partial charge in [0, 0.05) is 31.6 Å². The van der Waals surface area contributed by atoms with Crippen molar-refractivity contribution in [1.82, 2.24) is 10.2 Å². The molecule has 4 heteroatoms. The molecule has 2 unspecified atom stereocenters. The lowest BCUT2D eigenvalue weighted by Gasteiger charge is -2.17. The Morgan fingerprint density at radius 2 is 2.24 bits per heavy atom. The molecule has 3 N–H and O–H groups in total. The van der Waals surface area contributed by atoms with Crippen molar-refractivity contribution in [3.05, 3.63) is 0 Å². The number of nitrogens with two attached hydrogens (primary N) is 1. The Hall–Kier alpha value is -0.610. The molecule has 2 rings (SSSR count). The zero-order valence-electron chi connectivity index (χ0n) is 10.8. The number of rotatable bonds is 6. The van der Waals surface area contributed by atoms with Crippen LogP contribution in [0.1, 0.15) is 39.0 Å². The van der Waals surface area contributed by atoms with Crippen LogP contribution in [0.4, 0.5) is 0 Å². The fraction of sp³-hybridized carbons (Fsp3) is 0.923. The van der Waals surface area contributed by atoms with Crippen LogP contribution in [0, 0.1) is 5.92 Å². The second-order valence-electron chi connectivity index (χ2n) is 5.49. The second-order valence-corrected chi connectivity index (χ2v) is 5.49. The lowest BCUT2D eigenvalue weighted by molar-refractivity contribution is -0.122. The summed E-state index contributed by atoms with van der Waals surface area (Å²) in [5.74, 6) is 0.529. The Morgan fingerprint density at radius 3 is 2.82 bits per heavy atom. The largest absolute Gasteiger partial charge is 0.352 e. The molecule has 1 saturated carbocycles. The van der Waals surface area contributed by atoms with Crippen LogP contribution in [-0.2, 0) is 4.79 Å². The smallest absolute Gasteiger partial charge is 0.220 e. The summed E-state index contributed by atoms with van der Waals surface area (Å²) in [5.41, 5.74) is 5.62. The lowest BCUT2D eigenvalue weighted by Crippen LogP contribution is -2.38. The first-order chi connectivity index (χ1) is 8.22. The van der Waals surface area contributed by atoms with Crippen molar-refractivity contribution in [2.45, 2.75) is 51.1 Å². The topological polar surface area (TPSA) is 58.4 Å². The molecule has 1 heterocycles. The van der Waals surface area contributed by atoms with Gasteiger partial charge in [-0.15, -0.1) is 0 Å². The van der Waals surface area contributed by atoms with Crippen molar-refractivity contribution in [2.75, 3.05) is 19.6 Å². The van der Waals surface area contributed by atoms with Crippen molar-refractivity contribution in [3.8, 4) is 0 Å². The van der Waals surface area contributed by atoms with Crippen LogP contribution in [0.5, 0.6) is 0 Å². The number of nitrogens with zero attached hydrogens (tertiary/aromatic N) is 1. The van der Waals surface area contributed by atoms with E-state index in [0.717, 1.165) is 32.0 Å². The number of carbonyl (C=O) groups is 1. The average molecular weight is 239 g/mol. The number of carbonyl (C=O) groups excluding carboxylic acids is 1. The molecular formula is C13H25N3O. The predicted octanol–water partition coefficient (Wildman–Crippen LogP) is 0.714. The minimum absolute atomic E-state index is 0.185. The summed E-state index contributed by atoms with van der Waals surface area (Å²) in [7, 11) is 0. The minimum Gasteiger partial charge on any atom is -0.352 e. The zero-order chi connectivity index (χ0) is 12.3. The molecule has 0 aromatic heterocycles. The van der Waals surface area contributed by atoms with Gasteiger partial charge in [0.1, 0.15) is 0 Å². The summed E-state index contributed by atoms with van der Waals surface area (Å²) in [6.45, 7) is 4.91. The molecule has 0 radical (unpaired) electrons. The van der Waals surface area contributed by atoms with Crippen molar-refractivity contribution < 1.29 is 4.79 Å². The highest BCUT2D eigenvalue weighted by Crippen LogP contribution is 2.29. The van der Waals surface area contributed by atoms with Gasteiger partial charge in [-0.3, -0.25) is 9.69 Å². The highest BCUT2D eigenvalue weighted by molar-refractivity contribution is 5.76. The molecule has 1 aliphatic carbocycles. The van der Waals surface area contributed by atoms with Gasteiger partial charge in [-0.05, 0) is 31.7 Å². The fourth-order valence-corrected chi connectivity index (χ4v) is 2.62. The first-order valence-corrected chi connectivity index (χ1v) is 6.96. The average Bonchev–Trinajstić information content (AvgIpc) is 3.08. The second kappa shape index (κ2) is 5.83. The van der Waals surface area contributed by atoms with E-state index in [4.69, 9.17) is 5.73 Å². The van der Waals surface area contributed by atoms with Crippen LogP contribution in [0.2, 0.25) is 0 Å². The number of hydrogen-bond donors (Lipinski definition) is 2. The van der Waals surface area contributed by atoms with E-state index < -0.39 is 0 Å². The van der Waals surface area contributed by atoms with Crippen molar-refractivity contribution in [2.24, 2.45) is 11.7 Å². The minimum atomic E-state index is 0.185. The van der Waals surface area contributed by atoms with E-state index in [1.54, 1.807) is 0 Å². The maximum absolute atomic E-state index is 11.8. The summed E-state index contributed by atoms with van der Waals surface area (Å²) in [6.07, 6.45) is 5.40. The van der Waals surface area contributed by atoms with E-state index in [0.29, 0.717) is 24.9 Å². The van der Waals surface area contributed by atoms with Gasteiger partial charge in [-0.2, -0.15) is 0 Å². The van der Waals surface area contributed by atoms with E-state index in [-0.39, 0.29) is 5.91 Å². The van der Waals surface area contributed by atoms with E-state index >= 15 is 0 Å². The third-order valence-corrected chi connectivity index (χ3v) is 4.03. The molecule has 1 aliphatic heterocycles. The van der Waals surface area contributed by atoms with Gasteiger partial charge in [-0.25, -0.2) is 0 Å². The third kappa shape index (κ3) is 3.68. The molecule has 2 fully saturated rings. The van der Waals surface area contributed by atoms with Crippen molar-refractivity contribution >= 4 is 5.91 Å². The fourth-order valence-electron chi connectivity index (χ4n) is 2.62. The van der Waals surface area contributed by atoms with Crippen molar-refractivity contribution in [1.29, 1.82) is 0 Å². The summed E-state index contributed by atoms with van der Waals surface area (Å²) in [6, 6.07) is 1.20. The molecule has 1 saturated heterocycles. The van der Waals surface area contributed by atoms with Crippen LogP contribution < -0.4 is 11.1 Å². The van der Waals surface area contributed by atoms with Crippen LogP contribution in [0.25, 0.3) is 0 Å². The van der Waals surface area contributed by atoms with Gasteiger partial charge >= 0.3 is 0 Å². The van der Waals surface area contributed by atoms with Crippen LogP contribution in [0.15, 0.2) is 0 Å². The molecule has 0 spiro atoms. The number of amides is 1. The molecule has 2 aliphatic rings. The molecule has 0 bridgehead atoms. The SMILES string of the molecule is CCC(CN)CC(=O)NC1CCN(C2CC2)C1. The Labute approximate surface area is 104 Å². The van der Waals surface area contributed by atoms with Gasteiger partial charge < -0.3 is 11.1 Å². The molecular weight excluding hydrogens is 214 g/mol. The molecule has 2 atom stereocenters. The van der Waals surface area contributed by atoms with Gasteiger partial charge in [0.25, 0.3) is 0 Å². The van der Waals surface area contributed by atoms with Gasteiger partial charge in [0.2, 0.25) is 5.91 Å². The van der Waals surface area contributed by atoms with Gasteiger partial charge in [0.05, 0.1) is 0 Å². The van der Waals surface area contributed by atoms with Crippen LogP contribution in [0.3, 0.4) is 0 Å². The summed E-state index contributed by atoms with van der Waals surface area (Å²) >= 11 is 0. The summed E-state index contributed by atoms with van der Waals surface area (Å²) in [5, 5.41) is 3.15. The van der Waals surface area contributed by atoms with E-state index in [2.05, 4.69) is 17.1 Å². The van der Waals surface area contributed by atoms with Crippen LogP contribution in [-0.4, -0.2) is 42.5 Å². The molecule has 0 aromatic carbocycles. The molecule has 1 amide bonds. The first kappa shape index (κ1) is 12.8. The Balaban J connectivity index is 1.68. The number of hydrogen-bond acceptors (Lipinski definition) is 3. The molecule has 4 nitrogen and oxygen atoms in total. The Kier molecular flexibility index (Phi) is 4.40. The maximum atomic E-state index is 11.8. The summed E-state index contributed by atoms with van der Waals surface area (Å²) in [4.78, 5) is 14.4. The normalized spacial score (nSPS) is 27.1. The van der Waals surface area contributed by atoms with Gasteiger partial charge in [0.15, 0.2) is 0 Å². The third-order valence-electron chi connectivity index (χ3n) is 4.03.